The molecule has 48 heavy (non-hydrogen) atoms. The molecule has 1 aromatic heterocycles. The van der Waals surface area contributed by atoms with Crippen molar-refractivity contribution in [2.75, 3.05) is 38.3 Å². The van der Waals surface area contributed by atoms with E-state index < -0.39 is 29.8 Å². The summed E-state index contributed by atoms with van der Waals surface area (Å²) in [4.78, 5) is 64.9. The van der Waals surface area contributed by atoms with Crippen molar-refractivity contribution >= 4 is 41.6 Å². The van der Waals surface area contributed by atoms with Gasteiger partial charge in [-0.2, -0.15) is 4.98 Å². The maximum Gasteiger partial charge on any atom is 0.349 e. The normalized spacial score (nSPS) is 10.5. The number of ether oxygens (including phenoxy) is 1. The number of benzene rings is 1. The van der Waals surface area contributed by atoms with Crippen molar-refractivity contribution in [3.8, 4) is 0 Å². The van der Waals surface area contributed by atoms with E-state index >= 15 is 0 Å². The third-order valence-electron chi connectivity index (χ3n) is 5.80. The number of unbranched alkanes of at least 4 members (excludes halogenated alkanes) is 3. The molecule has 0 aliphatic rings. The molecule has 15 heteroatoms. The van der Waals surface area contributed by atoms with Crippen LogP contribution in [0.25, 0.3) is 0 Å². The molecular weight excluding hydrogens is 626 g/mol. The van der Waals surface area contributed by atoms with Crippen LogP contribution in [0.15, 0.2) is 48.6 Å². The van der Waals surface area contributed by atoms with Gasteiger partial charge in [0, 0.05) is 62.6 Å². The summed E-state index contributed by atoms with van der Waals surface area (Å²) >= 11 is 0. The van der Waals surface area contributed by atoms with E-state index in [0.29, 0.717) is 19.1 Å². The van der Waals surface area contributed by atoms with Crippen LogP contribution in [0.5, 0.6) is 0 Å². The number of aromatic nitrogens is 2. The van der Waals surface area contributed by atoms with Crippen molar-refractivity contribution in [2.45, 2.75) is 65.7 Å². The predicted octanol–water partition coefficient (Wildman–Crippen LogP) is 3.80. The number of hydrogen-bond acceptors (Lipinski definition) is 12. The first-order valence-corrected chi connectivity index (χ1v) is 15.2. The number of nitrogens with zero attached hydrogens (tertiary/aromatic N) is 3. The van der Waals surface area contributed by atoms with Crippen LogP contribution in [0, 0.1) is 6.92 Å². The zero-order valence-electron chi connectivity index (χ0n) is 28.1. The lowest BCUT2D eigenvalue weighted by molar-refractivity contribution is -0.171. The second-order valence-electron chi connectivity index (χ2n) is 10.3. The number of carbonyl (C=O) groups is 5. The fraction of sp³-hybridized carbons (Fsp3) is 0.424. The first-order valence-electron chi connectivity index (χ1n) is 15.2. The molecule has 264 valence electrons. The number of anilines is 2. The van der Waals surface area contributed by atoms with Gasteiger partial charge in [-0.05, 0) is 30.9 Å². The molecule has 0 aliphatic heterocycles. The van der Waals surface area contributed by atoms with Crippen molar-refractivity contribution < 1.29 is 48.9 Å². The first-order chi connectivity index (χ1) is 22.7. The number of rotatable bonds is 17. The third-order valence-corrected chi connectivity index (χ3v) is 5.80. The van der Waals surface area contributed by atoms with Gasteiger partial charge in [-0.15, -0.1) is 5.06 Å². The van der Waals surface area contributed by atoms with Gasteiger partial charge in [0.2, 0.25) is 5.95 Å². The van der Waals surface area contributed by atoms with Crippen LogP contribution in [0.4, 0.5) is 11.8 Å². The number of aliphatic carboxylic acids is 3. The number of nitrogens with one attached hydrogen (secondary N) is 1. The highest BCUT2D eigenvalue weighted by Crippen LogP contribution is 2.22. The molecular formula is C33H47N5O10. The van der Waals surface area contributed by atoms with Gasteiger partial charge >= 0.3 is 29.8 Å². The highest BCUT2D eigenvalue weighted by molar-refractivity contribution is 5.91. The quantitative estimate of drug-likeness (QED) is 0.0695. The molecule has 0 bridgehead atoms. The molecule has 1 heterocycles. The van der Waals surface area contributed by atoms with E-state index in [1.807, 2.05) is 38.1 Å². The Hall–Kier alpha value is -5.31. The molecule has 2 aromatic rings. The average Bonchev–Trinajstić information content (AvgIpc) is 3.00. The van der Waals surface area contributed by atoms with E-state index in [4.69, 9.17) is 21.1 Å². The molecule has 0 saturated carbocycles. The number of carboxylic acids is 3. The Morgan fingerprint density at radius 2 is 1.40 bits per heavy atom. The van der Waals surface area contributed by atoms with E-state index in [1.54, 1.807) is 0 Å². The lowest BCUT2D eigenvalue weighted by atomic mass is 10.0. The minimum Gasteiger partial charge on any atom is -0.481 e. The van der Waals surface area contributed by atoms with E-state index in [9.17, 15) is 24.0 Å². The first kappa shape index (κ1) is 42.7. The lowest BCUT2D eigenvalue weighted by Crippen LogP contribution is -2.16. The molecule has 0 amide bonds. The van der Waals surface area contributed by atoms with Gasteiger partial charge in [0.1, 0.15) is 5.82 Å². The second kappa shape index (κ2) is 24.9. The van der Waals surface area contributed by atoms with Crippen LogP contribution >= 0.6 is 0 Å². The number of esters is 1. The van der Waals surface area contributed by atoms with Crippen LogP contribution in [-0.4, -0.2) is 87.4 Å². The molecule has 0 atom stereocenters. The Morgan fingerprint density at radius 1 is 0.833 bits per heavy atom. The summed E-state index contributed by atoms with van der Waals surface area (Å²) in [5.74, 6) is -3.41. The molecule has 0 spiro atoms. The lowest BCUT2D eigenvalue weighted by Gasteiger charge is -2.14. The Kier molecular flexibility index (Phi) is 22.1. The monoisotopic (exact) mass is 673 g/mol. The molecule has 0 fully saturated rings. The number of carbonyl (C=O) groups excluding carboxylic acids is 2. The zero-order valence-corrected chi connectivity index (χ0v) is 28.1. The summed E-state index contributed by atoms with van der Waals surface area (Å²) < 4.78 is 4.64. The summed E-state index contributed by atoms with van der Waals surface area (Å²) in [6.45, 7) is 7.28. The largest absolute Gasteiger partial charge is 0.481 e. The molecule has 0 radical (unpaired) electrons. The van der Waals surface area contributed by atoms with Gasteiger partial charge in [-0.1, -0.05) is 57.4 Å². The maximum atomic E-state index is 10.8. The maximum absolute atomic E-state index is 10.8. The average molecular weight is 674 g/mol. The molecule has 2 rings (SSSR count). The predicted molar refractivity (Wildman–Crippen MR) is 179 cm³/mol. The molecule has 1 aromatic carbocycles. The minimum absolute atomic E-state index is 0.0362. The summed E-state index contributed by atoms with van der Waals surface area (Å²) in [5, 5.41) is 29.6. The van der Waals surface area contributed by atoms with Crippen molar-refractivity contribution in [3.05, 3.63) is 71.0 Å². The smallest absolute Gasteiger partial charge is 0.349 e. The van der Waals surface area contributed by atoms with Gasteiger partial charge in [0.15, 0.2) is 0 Å². The highest BCUT2D eigenvalue weighted by atomic mass is 16.7. The molecule has 0 aliphatic carbocycles. The number of carboxylic acid groups (broad SMARTS) is 3. The Labute approximate surface area is 280 Å². The van der Waals surface area contributed by atoms with E-state index in [-0.39, 0.29) is 12.4 Å². The Morgan fingerprint density at radius 3 is 1.92 bits per heavy atom. The SMILES string of the molecule is CCCCCNc1nc(N)nc(C)c1Cc1ccc(CC(=O)O)cc1.CCCCOC(=O)/C=C/C(=O)O.CN(C)OC(=O)/C=C/C(=O)O. The van der Waals surface area contributed by atoms with Crippen LogP contribution in [-0.2, 0) is 46.4 Å². The fourth-order valence-electron chi connectivity index (χ4n) is 3.57. The summed E-state index contributed by atoms with van der Waals surface area (Å²) in [6.07, 6.45) is 9.09. The number of hydroxylamine groups is 2. The van der Waals surface area contributed by atoms with Gasteiger partial charge in [0.05, 0.1) is 13.0 Å². The van der Waals surface area contributed by atoms with Gasteiger partial charge in [-0.25, -0.2) is 24.2 Å². The minimum atomic E-state index is -1.18. The Bertz CT molecular complexity index is 1380. The second-order valence-corrected chi connectivity index (χ2v) is 10.3. The van der Waals surface area contributed by atoms with E-state index in [0.717, 1.165) is 72.2 Å². The van der Waals surface area contributed by atoms with E-state index in [1.165, 1.54) is 32.0 Å². The molecule has 6 N–H and O–H groups in total. The van der Waals surface area contributed by atoms with Crippen molar-refractivity contribution in [3.63, 3.8) is 0 Å². The summed E-state index contributed by atoms with van der Waals surface area (Å²) in [6, 6.07) is 7.61. The number of nitrogens with two attached hydrogens (primary N) is 1. The Balaban J connectivity index is 0.000000802. The van der Waals surface area contributed by atoms with Gasteiger partial charge in [-0.3, -0.25) is 4.79 Å². The van der Waals surface area contributed by atoms with Crippen molar-refractivity contribution in [2.24, 2.45) is 0 Å². The zero-order chi connectivity index (χ0) is 36.5. The highest BCUT2D eigenvalue weighted by Gasteiger charge is 2.12. The summed E-state index contributed by atoms with van der Waals surface area (Å²) in [7, 11) is 3.04. The van der Waals surface area contributed by atoms with Crippen LogP contribution in [0.2, 0.25) is 0 Å². The summed E-state index contributed by atoms with van der Waals surface area (Å²) in [5.41, 5.74) is 9.56. The fourth-order valence-corrected chi connectivity index (χ4v) is 3.57. The molecule has 15 nitrogen and oxygen atoms in total. The van der Waals surface area contributed by atoms with Gasteiger partial charge in [0.25, 0.3) is 0 Å². The van der Waals surface area contributed by atoms with Gasteiger partial charge < -0.3 is 35.9 Å². The number of nitrogen functional groups attached to an aromatic ring is 1. The number of hydrogen-bond donors (Lipinski definition) is 5. The van der Waals surface area contributed by atoms with Crippen molar-refractivity contribution in [1.29, 1.82) is 0 Å². The van der Waals surface area contributed by atoms with E-state index in [2.05, 4.69) is 31.8 Å². The number of aryl methyl sites for hydroxylation is 1. The molecule has 0 saturated heterocycles. The standard InChI is InChI=1S/C19H26N4O2.C8H12O4.C6H9NO4/c1-3-4-5-10-21-18-16(13(2)22-19(20)23-18)11-14-6-8-15(9-7-14)12-17(24)25;1-2-3-6-12-8(11)5-4-7(9)10;1-7(2)11-6(10)4-3-5(8)9/h6-9H,3-5,10-12H2,1-2H3,(H,24,25)(H3,20,21,22,23);4-5H,2-3,6H2,1H3,(H,9,10);3-4H,1-2H3,(H,8,9)/b;5-4+;4-3+. The molecule has 0 unspecified atom stereocenters. The third kappa shape index (κ3) is 22.2. The van der Waals surface area contributed by atoms with Crippen LogP contribution < -0.4 is 11.1 Å². The van der Waals surface area contributed by atoms with Crippen LogP contribution in [0.3, 0.4) is 0 Å². The topological polar surface area (TPSA) is 232 Å². The van der Waals surface area contributed by atoms with Crippen molar-refractivity contribution in [1.82, 2.24) is 15.0 Å². The van der Waals surface area contributed by atoms with Crippen LogP contribution in [0.1, 0.15) is 68.3 Å².